The fraction of sp³-hybridized carbons (Fsp3) is 0.0833. The summed E-state index contributed by atoms with van der Waals surface area (Å²) >= 11 is 15.8. The van der Waals surface area contributed by atoms with Gasteiger partial charge in [0, 0.05) is 22.6 Å². The van der Waals surface area contributed by atoms with Crippen LogP contribution < -0.4 is 4.74 Å². The second-order valence-electron chi connectivity index (χ2n) is 3.44. The zero-order valence-electron chi connectivity index (χ0n) is 9.17. The largest absolute Gasteiger partial charge is 0.495 e. The Kier molecular flexibility index (Phi) is 4.53. The van der Waals surface area contributed by atoms with Gasteiger partial charge in [-0.05, 0) is 34.7 Å². The van der Waals surface area contributed by atoms with Crippen LogP contribution in [0, 0.1) is 2.88 Å². The summed E-state index contributed by atoms with van der Waals surface area (Å²) in [6.45, 7) is 0. The Labute approximate surface area is 132 Å². The average molecular weight is 413 g/mol. The molecule has 18 heavy (non-hydrogen) atoms. The minimum absolute atomic E-state index is 0.135. The summed E-state index contributed by atoms with van der Waals surface area (Å²) in [7, 11) is 1.50. The van der Waals surface area contributed by atoms with E-state index in [-0.39, 0.29) is 5.78 Å². The lowest BCUT2D eigenvalue weighted by atomic mass is 10.1. The van der Waals surface area contributed by atoms with E-state index in [2.05, 4.69) is 22.6 Å². The van der Waals surface area contributed by atoms with Gasteiger partial charge in [0.25, 0.3) is 0 Å². The lowest BCUT2D eigenvalue weighted by molar-refractivity contribution is 0.103. The summed E-state index contributed by atoms with van der Waals surface area (Å²) in [5.74, 6) is 0.321. The number of methoxy groups -OCH3 is 1. The Morgan fingerprint density at radius 3 is 2.56 bits per heavy atom. The van der Waals surface area contributed by atoms with Crippen molar-refractivity contribution >= 4 is 62.9 Å². The molecular weight excluding hydrogens is 406 g/mol. The Morgan fingerprint density at radius 1 is 1.28 bits per heavy atom. The highest BCUT2D eigenvalue weighted by Crippen LogP contribution is 2.32. The highest BCUT2D eigenvalue weighted by Gasteiger charge is 2.17. The Hall–Kier alpha value is -0.300. The van der Waals surface area contributed by atoms with Crippen molar-refractivity contribution in [2.45, 2.75) is 0 Å². The molecule has 0 bridgehead atoms. The van der Waals surface area contributed by atoms with Crippen LogP contribution in [-0.4, -0.2) is 12.9 Å². The van der Waals surface area contributed by atoms with Gasteiger partial charge in [0.2, 0.25) is 0 Å². The van der Waals surface area contributed by atoms with E-state index < -0.39 is 0 Å². The van der Waals surface area contributed by atoms with Gasteiger partial charge in [0.15, 0.2) is 5.78 Å². The van der Waals surface area contributed by atoms with Crippen LogP contribution in [0.15, 0.2) is 23.6 Å². The van der Waals surface area contributed by atoms with Crippen molar-refractivity contribution in [1.29, 1.82) is 0 Å². The van der Waals surface area contributed by atoms with Crippen LogP contribution in [-0.2, 0) is 0 Å². The van der Waals surface area contributed by atoms with E-state index in [1.807, 2.05) is 6.07 Å². The van der Waals surface area contributed by atoms with E-state index in [4.69, 9.17) is 27.9 Å². The molecule has 0 aliphatic heterocycles. The number of hydrogen-bond donors (Lipinski definition) is 0. The Morgan fingerprint density at radius 2 is 2.00 bits per heavy atom. The third kappa shape index (κ3) is 2.82. The lowest BCUT2D eigenvalue weighted by Crippen LogP contribution is -2.01. The van der Waals surface area contributed by atoms with Gasteiger partial charge in [-0.2, -0.15) is 0 Å². The standard InChI is InChI=1S/C12H7Cl2IO2S/c1-17-10-4-8(13)7(3-9(10)14)12(16)6-2-11(15)18-5-6/h2-5H,1H3. The normalized spacial score (nSPS) is 10.4. The highest BCUT2D eigenvalue weighted by atomic mass is 127. The maximum absolute atomic E-state index is 12.3. The number of benzene rings is 1. The van der Waals surface area contributed by atoms with Crippen LogP contribution >= 0.6 is 57.1 Å². The lowest BCUT2D eigenvalue weighted by Gasteiger charge is -2.07. The molecule has 0 amide bonds. The number of halogens is 3. The summed E-state index contributed by atoms with van der Waals surface area (Å²) in [5.41, 5.74) is 1.00. The summed E-state index contributed by atoms with van der Waals surface area (Å²) in [4.78, 5) is 12.3. The Bertz CT molecular complexity index is 610. The number of rotatable bonds is 3. The summed E-state index contributed by atoms with van der Waals surface area (Å²) in [5, 5.41) is 2.51. The molecule has 94 valence electrons. The molecule has 0 radical (unpaired) electrons. The first-order chi connectivity index (χ1) is 8.52. The van der Waals surface area contributed by atoms with Crippen molar-refractivity contribution in [1.82, 2.24) is 0 Å². The topological polar surface area (TPSA) is 26.3 Å². The number of hydrogen-bond acceptors (Lipinski definition) is 3. The summed E-state index contributed by atoms with van der Waals surface area (Å²) in [6, 6.07) is 4.91. The van der Waals surface area contributed by atoms with Crippen LogP contribution in [0.2, 0.25) is 10.0 Å². The molecule has 0 spiro atoms. The van der Waals surface area contributed by atoms with Gasteiger partial charge in [-0.3, -0.25) is 4.79 Å². The van der Waals surface area contributed by atoms with Crippen molar-refractivity contribution in [2.24, 2.45) is 0 Å². The first-order valence-corrected chi connectivity index (χ1v) is 7.56. The van der Waals surface area contributed by atoms with Crippen LogP contribution in [0.1, 0.15) is 15.9 Å². The van der Waals surface area contributed by atoms with E-state index in [9.17, 15) is 4.79 Å². The second-order valence-corrected chi connectivity index (χ2v) is 7.06. The third-order valence-electron chi connectivity index (χ3n) is 2.32. The van der Waals surface area contributed by atoms with Crippen LogP contribution in [0.25, 0.3) is 0 Å². The molecular formula is C12H7Cl2IO2S. The minimum atomic E-state index is -0.135. The van der Waals surface area contributed by atoms with Crippen molar-refractivity contribution in [3.8, 4) is 5.75 Å². The fourth-order valence-corrected chi connectivity index (χ4v) is 3.25. The van der Waals surface area contributed by atoms with E-state index in [0.29, 0.717) is 26.9 Å². The van der Waals surface area contributed by atoms with Crippen molar-refractivity contribution < 1.29 is 9.53 Å². The number of carbonyl (C=O) groups excluding carboxylic acids is 1. The van der Waals surface area contributed by atoms with Crippen molar-refractivity contribution in [2.75, 3.05) is 7.11 Å². The zero-order valence-corrected chi connectivity index (χ0v) is 13.7. The summed E-state index contributed by atoms with van der Waals surface area (Å²) in [6.07, 6.45) is 0. The molecule has 0 unspecified atom stereocenters. The van der Waals surface area contributed by atoms with Gasteiger partial charge in [0.05, 0.1) is 20.0 Å². The molecule has 6 heteroatoms. The third-order valence-corrected chi connectivity index (χ3v) is 4.71. The Balaban J connectivity index is 2.45. The number of ether oxygens (including phenoxy) is 1. The molecule has 0 aliphatic carbocycles. The molecule has 1 aromatic carbocycles. The van der Waals surface area contributed by atoms with Gasteiger partial charge in [0.1, 0.15) is 5.75 Å². The van der Waals surface area contributed by atoms with Gasteiger partial charge in [-0.25, -0.2) is 0 Å². The van der Waals surface area contributed by atoms with Crippen LogP contribution in [0.5, 0.6) is 5.75 Å². The van der Waals surface area contributed by atoms with Gasteiger partial charge in [-0.1, -0.05) is 23.2 Å². The van der Waals surface area contributed by atoms with Gasteiger partial charge in [-0.15, -0.1) is 11.3 Å². The number of ketones is 1. The van der Waals surface area contributed by atoms with Crippen molar-refractivity contribution in [3.63, 3.8) is 0 Å². The summed E-state index contributed by atoms with van der Waals surface area (Å²) < 4.78 is 6.09. The predicted octanol–water partition coefficient (Wildman–Crippen LogP) is 4.90. The molecule has 0 fully saturated rings. The molecule has 2 aromatic rings. The monoisotopic (exact) mass is 412 g/mol. The molecule has 2 nitrogen and oxygen atoms in total. The van der Waals surface area contributed by atoms with Crippen molar-refractivity contribution in [3.05, 3.63) is 47.6 Å². The first-order valence-electron chi connectivity index (χ1n) is 4.84. The molecule has 0 saturated heterocycles. The molecule has 2 rings (SSSR count). The van der Waals surface area contributed by atoms with E-state index in [0.717, 1.165) is 2.88 Å². The van der Waals surface area contributed by atoms with E-state index >= 15 is 0 Å². The molecule has 0 saturated carbocycles. The smallest absolute Gasteiger partial charge is 0.195 e. The first kappa shape index (κ1) is 14.1. The van der Waals surface area contributed by atoms with Gasteiger partial charge >= 0.3 is 0 Å². The molecule has 0 aliphatic rings. The predicted molar refractivity (Wildman–Crippen MR) is 83.5 cm³/mol. The maximum atomic E-state index is 12.3. The van der Waals surface area contributed by atoms with E-state index in [1.54, 1.807) is 11.4 Å². The zero-order chi connectivity index (χ0) is 13.3. The second kappa shape index (κ2) is 5.77. The average Bonchev–Trinajstić information content (AvgIpc) is 2.77. The van der Waals surface area contributed by atoms with E-state index in [1.165, 1.54) is 24.5 Å². The molecule has 1 aromatic heterocycles. The number of carbonyl (C=O) groups is 1. The maximum Gasteiger partial charge on any atom is 0.195 e. The van der Waals surface area contributed by atoms with Crippen LogP contribution in [0.4, 0.5) is 0 Å². The SMILES string of the molecule is COc1cc(Cl)c(C(=O)c2csc(I)c2)cc1Cl. The minimum Gasteiger partial charge on any atom is -0.495 e. The molecule has 0 N–H and O–H groups in total. The fourth-order valence-electron chi connectivity index (χ4n) is 1.44. The van der Waals surface area contributed by atoms with Gasteiger partial charge < -0.3 is 4.74 Å². The highest BCUT2D eigenvalue weighted by molar-refractivity contribution is 14.1. The molecule has 1 heterocycles. The quantitative estimate of drug-likeness (QED) is 0.529. The number of thiophene rings is 1. The molecule has 0 atom stereocenters. The van der Waals surface area contributed by atoms with Crippen LogP contribution in [0.3, 0.4) is 0 Å².